The van der Waals surface area contributed by atoms with Gasteiger partial charge in [0.25, 0.3) is 0 Å². The maximum absolute atomic E-state index is 3.14. The molecule has 0 aromatic carbocycles. The molecule has 0 unspecified atom stereocenters. The Kier molecular flexibility index (Phi) is 1.02. The number of rotatable bonds is 1. The molecule has 1 saturated carbocycles. The fourth-order valence-corrected chi connectivity index (χ4v) is 1.38. The van der Waals surface area contributed by atoms with Gasteiger partial charge in [-0.25, -0.2) is 0 Å². The van der Waals surface area contributed by atoms with Crippen LogP contribution in [0.3, 0.4) is 0 Å². The Morgan fingerprint density at radius 2 is 1.50 bits per heavy atom. The van der Waals surface area contributed by atoms with Gasteiger partial charge in [-0.05, 0) is 24.7 Å². The molecule has 2 nitrogen and oxygen atoms in total. The number of nitrogens with one attached hydrogen (secondary N) is 2. The summed E-state index contributed by atoms with van der Waals surface area (Å²) < 4.78 is 0. The first kappa shape index (κ1) is 4.77. The van der Waals surface area contributed by atoms with Gasteiger partial charge in [0.2, 0.25) is 0 Å². The fourth-order valence-electron chi connectivity index (χ4n) is 1.38. The molecule has 0 aromatic rings. The van der Waals surface area contributed by atoms with Crippen LogP contribution in [-0.2, 0) is 0 Å². The topological polar surface area (TPSA) is 24.1 Å². The second-order valence-corrected chi connectivity index (χ2v) is 2.86. The summed E-state index contributed by atoms with van der Waals surface area (Å²) in [7, 11) is 0. The maximum Gasteiger partial charge on any atom is 0.0143 e. The highest BCUT2D eigenvalue weighted by Crippen LogP contribution is 2.36. The molecule has 46 valence electrons. The predicted octanol–water partition coefficient (Wildman–Crippen LogP) is 0.120. The van der Waals surface area contributed by atoms with E-state index in [1.807, 2.05) is 0 Å². The molecule has 0 aromatic heterocycles. The molecule has 8 heavy (non-hydrogen) atoms. The van der Waals surface area contributed by atoms with Gasteiger partial charge in [-0.2, -0.15) is 0 Å². The van der Waals surface area contributed by atoms with E-state index in [9.17, 15) is 0 Å². The van der Waals surface area contributed by atoms with E-state index in [0.717, 1.165) is 11.8 Å². The summed E-state index contributed by atoms with van der Waals surface area (Å²) in [4.78, 5) is 0. The SMILES string of the molecule is C1CC1C1CNNC1. The molecule has 2 rings (SSSR count). The summed E-state index contributed by atoms with van der Waals surface area (Å²) in [6, 6.07) is 0. The highest BCUT2D eigenvalue weighted by atomic mass is 15.4. The summed E-state index contributed by atoms with van der Waals surface area (Å²) in [6.45, 7) is 2.40. The molecule has 1 aliphatic heterocycles. The van der Waals surface area contributed by atoms with Crippen LogP contribution in [0.2, 0.25) is 0 Å². The second kappa shape index (κ2) is 1.71. The van der Waals surface area contributed by atoms with Crippen molar-refractivity contribution in [1.29, 1.82) is 0 Å². The smallest absolute Gasteiger partial charge is 0.0143 e. The van der Waals surface area contributed by atoms with Crippen LogP contribution in [0.4, 0.5) is 0 Å². The summed E-state index contributed by atoms with van der Waals surface area (Å²) in [5, 5.41) is 0. The molecule has 0 bridgehead atoms. The molecule has 1 heterocycles. The largest absolute Gasteiger partial charge is 0.258 e. The van der Waals surface area contributed by atoms with Crippen molar-refractivity contribution >= 4 is 0 Å². The lowest BCUT2D eigenvalue weighted by Gasteiger charge is -2.00. The zero-order chi connectivity index (χ0) is 5.40. The van der Waals surface area contributed by atoms with Crippen LogP contribution >= 0.6 is 0 Å². The van der Waals surface area contributed by atoms with Crippen molar-refractivity contribution in [3.8, 4) is 0 Å². The van der Waals surface area contributed by atoms with E-state index < -0.39 is 0 Å². The molecule has 2 heteroatoms. The Hall–Kier alpha value is -0.0800. The van der Waals surface area contributed by atoms with Gasteiger partial charge >= 0.3 is 0 Å². The van der Waals surface area contributed by atoms with Crippen molar-refractivity contribution < 1.29 is 0 Å². The summed E-state index contributed by atoms with van der Waals surface area (Å²) in [5.41, 5.74) is 6.29. The Bertz CT molecular complexity index is 82.5. The van der Waals surface area contributed by atoms with Gasteiger partial charge in [0.1, 0.15) is 0 Å². The highest BCUT2D eigenvalue weighted by molar-refractivity contribution is 4.85. The molecular weight excluding hydrogens is 100 g/mol. The molecule has 2 fully saturated rings. The molecule has 2 N–H and O–H groups in total. The van der Waals surface area contributed by atoms with Crippen LogP contribution in [0.15, 0.2) is 0 Å². The van der Waals surface area contributed by atoms with E-state index in [1.54, 1.807) is 0 Å². The van der Waals surface area contributed by atoms with Crippen LogP contribution in [-0.4, -0.2) is 13.1 Å². The number of hydrazine groups is 1. The second-order valence-electron chi connectivity index (χ2n) is 2.86. The molecular formula is C6H12N2. The van der Waals surface area contributed by atoms with Crippen LogP contribution in [0.25, 0.3) is 0 Å². The van der Waals surface area contributed by atoms with Gasteiger partial charge in [-0.1, -0.05) is 0 Å². The predicted molar refractivity (Wildman–Crippen MR) is 32.2 cm³/mol. The Balaban J connectivity index is 1.86. The molecule has 0 radical (unpaired) electrons. The Labute approximate surface area is 49.6 Å². The van der Waals surface area contributed by atoms with Gasteiger partial charge in [-0.15, -0.1) is 0 Å². The number of hydrogen-bond acceptors (Lipinski definition) is 2. The van der Waals surface area contributed by atoms with Gasteiger partial charge in [0.15, 0.2) is 0 Å². The molecule has 1 saturated heterocycles. The third-order valence-corrected chi connectivity index (χ3v) is 2.14. The van der Waals surface area contributed by atoms with Crippen LogP contribution in [0.1, 0.15) is 12.8 Å². The minimum atomic E-state index is 0.954. The molecule has 1 aliphatic carbocycles. The average molecular weight is 112 g/mol. The first-order valence-corrected chi connectivity index (χ1v) is 3.42. The lowest BCUT2D eigenvalue weighted by molar-refractivity contribution is 0.533. The molecule has 0 atom stereocenters. The van der Waals surface area contributed by atoms with E-state index in [-0.39, 0.29) is 0 Å². The standard InChI is InChI=1S/C6H12N2/c1-2-5(1)6-3-7-8-4-6/h5-8H,1-4H2. The zero-order valence-corrected chi connectivity index (χ0v) is 4.98. The summed E-state index contributed by atoms with van der Waals surface area (Å²) in [5.74, 6) is 2.02. The van der Waals surface area contributed by atoms with E-state index in [1.165, 1.54) is 25.9 Å². The zero-order valence-electron chi connectivity index (χ0n) is 4.98. The lowest BCUT2D eigenvalue weighted by Crippen LogP contribution is -2.21. The maximum atomic E-state index is 3.14. The summed E-state index contributed by atoms with van der Waals surface area (Å²) in [6.07, 6.45) is 2.96. The van der Waals surface area contributed by atoms with Crippen molar-refractivity contribution in [2.75, 3.05) is 13.1 Å². The van der Waals surface area contributed by atoms with Crippen LogP contribution in [0.5, 0.6) is 0 Å². The van der Waals surface area contributed by atoms with E-state index in [4.69, 9.17) is 0 Å². The van der Waals surface area contributed by atoms with E-state index >= 15 is 0 Å². The fraction of sp³-hybridized carbons (Fsp3) is 1.00. The monoisotopic (exact) mass is 112 g/mol. The Morgan fingerprint density at radius 1 is 0.875 bits per heavy atom. The van der Waals surface area contributed by atoms with Crippen molar-refractivity contribution in [3.05, 3.63) is 0 Å². The Morgan fingerprint density at radius 3 is 2.00 bits per heavy atom. The van der Waals surface area contributed by atoms with Crippen molar-refractivity contribution in [1.82, 2.24) is 10.9 Å². The minimum Gasteiger partial charge on any atom is -0.258 e. The normalized spacial score (nSPS) is 31.5. The van der Waals surface area contributed by atoms with Crippen LogP contribution in [0, 0.1) is 11.8 Å². The van der Waals surface area contributed by atoms with Gasteiger partial charge in [0.05, 0.1) is 0 Å². The van der Waals surface area contributed by atoms with Gasteiger partial charge in [-0.3, -0.25) is 10.9 Å². The molecule has 0 amide bonds. The van der Waals surface area contributed by atoms with Crippen molar-refractivity contribution in [2.24, 2.45) is 11.8 Å². The molecule has 0 spiro atoms. The van der Waals surface area contributed by atoms with Crippen molar-refractivity contribution in [3.63, 3.8) is 0 Å². The average Bonchev–Trinajstić information content (AvgIpc) is 2.49. The third-order valence-electron chi connectivity index (χ3n) is 2.14. The quantitative estimate of drug-likeness (QED) is 0.503. The van der Waals surface area contributed by atoms with E-state index in [2.05, 4.69) is 10.9 Å². The van der Waals surface area contributed by atoms with Crippen molar-refractivity contribution in [2.45, 2.75) is 12.8 Å². The highest BCUT2D eigenvalue weighted by Gasteiger charge is 2.32. The lowest BCUT2D eigenvalue weighted by atomic mass is 10.1. The summed E-state index contributed by atoms with van der Waals surface area (Å²) >= 11 is 0. The van der Waals surface area contributed by atoms with Gasteiger partial charge in [0, 0.05) is 13.1 Å². The van der Waals surface area contributed by atoms with Gasteiger partial charge < -0.3 is 0 Å². The minimum absolute atomic E-state index is 0.954. The van der Waals surface area contributed by atoms with Crippen LogP contribution < -0.4 is 10.9 Å². The first-order chi connectivity index (χ1) is 3.97. The first-order valence-electron chi connectivity index (χ1n) is 3.42. The van der Waals surface area contributed by atoms with E-state index in [0.29, 0.717) is 0 Å². The molecule has 2 aliphatic rings. The third kappa shape index (κ3) is 0.740. The number of hydrogen-bond donors (Lipinski definition) is 2.